The minimum Gasteiger partial charge on any atom is -0.478 e. The molecule has 7 nitrogen and oxygen atoms in total. The minimum atomic E-state index is -1.06. The lowest BCUT2D eigenvalue weighted by Crippen LogP contribution is -2.29. The molecule has 0 aliphatic carbocycles. The molecule has 3 aromatic carbocycles. The summed E-state index contributed by atoms with van der Waals surface area (Å²) in [6, 6.07) is 18.6. The van der Waals surface area contributed by atoms with Crippen molar-refractivity contribution in [1.82, 2.24) is 0 Å². The van der Waals surface area contributed by atoms with Crippen LogP contribution in [0.2, 0.25) is 0 Å². The summed E-state index contributed by atoms with van der Waals surface area (Å²) in [5, 5.41) is 11.6. The van der Waals surface area contributed by atoms with Crippen molar-refractivity contribution in [3.8, 4) is 0 Å². The van der Waals surface area contributed by atoms with Gasteiger partial charge in [0.2, 0.25) is 0 Å². The number of nitrogens with one attached hydrogen (secondary N) is 1. The lowest BCUT2D eigenvalue weighted by Gasteiger charge is -2.13. The van der Waals surface area contributed by atoms with Gasteiger partial charge in [-0.25, -0.2) is 9.69 Å². The molecule has 0 fully saturated rings. The van der Waals surface area contributed by atoms with Crippen molar-refractivity contribution in [2.45, 2.75) is 0 Å². The fourth-order valence-corrected chi connectivity index (χ4v) is 3.09. The van der Waals surface area contributed by atoms with E-state index in [-0.39, 0.29) is 22.3 Å². The Bertz CT molecular complexity index is 1150. The maximum atomic E-state index is 12.8. The third-order valence-corrected chi connectivity index (χ3v) is 4.55. The van der Waals surface area contributed by atoms with Gasteiger partial charge in [-0.3, -0.25) is 14.4 Å². The molecule has 1 heterocycles. The molecule has 1 aliphatic rings. The van der Waals surface area contributed by atoms with Gasteiger partial charge in [0.1, 0.15) is 0 Å². The summed E-state index contributed by atoms with van der Waals surface area (Å²) < 4.78 is 0. The predicted octanol–water partition coefficient (Wildman–Crippen LogP) is 3.44. The van der Waals surface area contributed by atoms with Gasteiger partial charge < -0.3 is 10.4 Å². The quantitative estimate of drug-likeness (QED) is 0.669. The molecular formula is C22H14N2O5. The average molecular weight is 386 g/mol. The Hall–Kier alpha value is -4.26. The van der Waals surface area contributed by atoms with Crippen LogP contribution < -0.4 is 10.2 Å². The minimum absolute atomic E-state index is 0.102. The highest BCUT2D eigenvalue weighted by Gasteiger charge is 2.37. The van der Waals surface area contributed by atoms with Gasteiger partial charge >= 0.3 is 5.97 Å². The number of carbonyl (C=O) groups excluding carboxylic acids is 3. The van der Waals surface area contributed by atoms with E-state index in [2.05, 4.69) is 5.32 Å². The van der Waals surface area contributed by atoms with Crippen molar-refractivity contribution in [3.63, 3.8) is 0 Å². The van der Waals surface area contributed by atoms with E-state index in [0.717, 1.165) is 4.90 Å². The Kier molecular flexibility index (Phi) is 4.40. The first-order chi connectivity index (χ1) is 14.0. The highest BCUT2D eigenvalue weighted by atomic mass is 16.4. The van der Waals surface area contributed by atoms with Crippen LogP contribution in [0.5, 0.6) is 0 Å². The van der Waals surface area contributed by atoms with Crippen molar-refractivity contribution >= 4 is 35.1 Å². The smallest absolute Gasteiger partial charge is 0.335 e. The normalized spacial score (nSPS) is 12.6. The largest absolute Gasteiger partial charge is 0.478 e. The molecule has 4 rings (SSSR count). The van der Waals surface area contributed by atoms with Gasteiger partial charge in [0, 0.05) is 11.3 Å². The van der Waals surface area contributed by atoms with Crippen molar-refractivity contribution in [3.05, 3.63) is 95.1 Å². The van der Waals surface area contributed by atoms with Crippen LogP contribution in [0.15, 0.2) is 72.8 Å². The first-order valence-corrected chi connectivity index (χ1v) is 8.68. The Morgan fingerprint density at radius 2 is 1.38 bits per heavy atom. The van der Waals surface area contributed by atoms with Crippen LogP contribution in [0.1, 0.15) is 41.4 Å². The van der Waals surface area contributed by atoms with E-state index in [4.69, 9.17) is 5.11 Å². The highest BCUT2D eigenvalue weighted by Crippen LogP contribution is 2.29. The lowest BCUT2D eigenvalue weighted by atomic mass is 10.1. The molecule has 0 spiro atoms. The summed E-state index contributed by atoms with van der Waals surface area (Å²) in [6.45, 7) is 0. The molecule has 0 saturated carbocycles. The highest BCUT2D eigenvalue weighted by molar-refractivity contribution is 6.34. The summed E-state index contributed by atoms with van der Waals surface area (Å²) in [6.07, 6.45) is 0. The molecule has 3 aromatic rings. The zero-order valence-electron chi connectivity index (χ0n) is 15.0. The molecule has 0 bridgehead atoms. The second-order valence-corrected chi connectivity index (χ2v) is 6.38. The van der Waals surface area contributed by atoms with Gasteiger partial charge in [-0.1, -0.05) is 18.2 Å². The number of fused-ring (bicyclic) bond motifs is 1. The Morgan fingerprint density at radius 1 is 0.759 bits per heavy atom. The number of nitrogens with zero attached hydrogens (tertiary/aromatic N) is 1. The molecule has 0 atom stereocenters. The standard InChI is InChI=1S/C22H14N2O5/c25-19(23-15-9-6-13(7-10-15)22(28)29)14-8-11-17-18(12-14)21(27)24(20(17)26)16-4-2-1-3-5-16/h1-12H,(H,23,25)(H,28,29). The molecule has 7 heteroatoms. The second-order valence-electron chi connectivity index (χ2n) is 6.38. The lowest BCUT2D eigenvalue weighted by molar-refractivity contribution is 0.0696. The van der Waals surface area contributed by atoms with Crippen LogP contribution in [-0.2, 0) is 0 Å². The second kappa shape index (κ2) is 7.05. The number of para-hydroxylation sites is 1. The number of aromatic carboxylic acids is 1. The molecule has 2 N–H and O–H groups in total. The van der Waals surface area contributed by atoms with Crippen LogP contribution in [0.25, 0.3) is 0 Å². The van der Waals surface area contributed by atoms with E-state index in [1.165, 1.54) is 42.5 Å². The number of hydrogen-bond acceptors (Lipinski definition) is 4. The van der Waals surface area contributed by atoms with Crippen molar-refractivity contribution in [2.75, 3.05) is 10.2 Å². The molecule has 0 aromatic heterocycles. The van der Waals surface area contributed by atoms with Gasteiger partial charge in [-0.05, 0) is 54.6 Å². The fraction of sp³-hybridized carbons (Fsp3) is 0. The Balaban J connectivity index is 1.59. The molecular weight excluding hydrogens is 372 g/mol. The van der Waals surface area contributed by atoms with Gasteiger partial charge in [-0.15, -0.1) is 0 Å². The molecule has 3 amide bonds. The van der Waals surface area contributed by atoms with E-state index in [1.54, 1.807) is 30.3 Å². The van der Waals surface area contributed by atoms with Crippen LogP contribution in [0.3, 0.4) is 0 Å². The first kappa shape index (κ1) is 18.1. The molecule has 0 saturated heterocycles. The molecule has 29 heavy (non-hydrogen) atoms. The van der Waals surface area contributed by atoms with Gasteiger partial charge in [-0.2, -0.15) is 0 Å². The van der Waals surface area contributed by atoms with E-state index in [1.807, 2.05) is 0 Å². The van der Waals surface area contributed by atoms with Crippen molar-refractivity contribution in [1.29, 1.82) is 0 Å². The third-order valence-electron chi connectivity index (χ3n) is 4.55. The Labute approximate surface area is 165 Å². The number of benzene rings is 3. The number of anilines is 2. The number of hydrogen-bond donors (Lipinski definition) is 2. The topological polar surface area (TPSA) is 104 Å². The molecule has 142 valence electrons. The first-order valence-electron chi connectivity index (χ1n) is 8.68. The van der Waals surface area contributed by atoms with Crippen molar-refractivity contribution < 1.29 is 24.3 Å². The summed E-state index contributed by atoms with van der Waals surface area (Å²) >= 11 is 0. The molecule has 0 radical (unpaired) electrons. The monoisotopic (exact) mass is 386 g/mol. The predicted molar refractivity (Wildman–Crippen MR) is 105 cm³/mol. The zero-order valence-corrected chi connectivity index (χ0v) is 15.0. The van der Waals surface area contributed by atoms with Gasteiger partial charge in [0.05, 0.1) is 22.4 Å². The summed E-state index contributed by atoms with van der Waals surface area (Å²) in [4.78, 5) is 49.9. The summed E-state index contributed by atoms with van der Waals surface area (Å²) in [7, 11) is 0. The van der Waals surface area contributed by atoms with E-state index >= 15 is 0 Å². The maximum absolute atomic E-state index is 12.8. The summed E-state index contributed by atoms with van der Waals surface area (Å²) in [5.74, 6) is -2.47. The van der Waals surface area contributed by atoms with E-state index in [0.29, 0.717) is 11.4 Å². The molecule has 0 unspecified atom stereocenters. The number of carboxylic acids is 1. The van der Waals surface area contributed by atoms with Gasteiger partial charge in [0.25, 0.3) is 17.7 Å². The van der Waals surface area contributed by atoms with Gasteiger partial charge in [0.15, 0.2) is 0 Å². The van der Waals surface area contributed by atoms with Crippen LogP contribution >= 0.6 is 0 Å². The number of imide groups is 1. The number of carbonyl (C=O) groups is 4. The zero-order chi connectivity index (χ0) is 20.5. The molecule has 1 aliphatic heterocycles. The van der Waals surface area contributed by atoms with Crippen LogP contribution in [0, 0.1) is 0 Å². The van der Waals surface area contributed by atoms with Crippen molar-refractivity contribution in [2.24, 2.45) is 0 Å². The van der Waals surface area contributed by atoms with Crippen LogP contribution in [-0.4, -0.2) is 28.8 Å². The maximum Gasteiger partial charge on any atom is 0.335 e. The van der Waals surface area contributed by atoms with E-state index < -0.39 is 23.7 Å². The average Bonchev–Trinajstić information content (AvgIpc) is 2.99. The van der Waals surface area contributed by atoms with E-state index in [9.17, 15) is 19.2 Å². The SMILES string of the molecule is O=C(O)c1ccc(NC(=O)c2ccc3c(c2)C(=O)N(c2ccccc2)C3=O)cc1. The number of amides is 3. The fourth-order valence-electron chi connectivity index (χ4n) is 3.09. The number of carboxylic acid groups (broad SMARTS) is 1. The summed E-state index contributed by atoms with van der Waals surface area (Å²) in [5.41, 5.74) is 1.58. The van der Waals surface area contributed by atoms with Crippen LogP contribution in [0.4, 0.5) is 11.4 Å². The Morgan fingerprint density at radius 3 is 2.03 bits per heavy atom. The third kappa shape index (κ3) is 3.25. The number of rotatable bonds is 4.